The monoisotopic (exact) mass is 610 g/mol. The maximum atomic E-state index is 14.5. The molecule has 4 saturated carbocycles. The number of benzene rings is 1. The maximum absolute atomic E-state index is 14.5. The molecule has 4 aliphatic rings. The largest absolute Gasteiger partial charge is 0.496 e. The lowest BCUT2D eigenvalue weighted by molar-refractivity contribution is -0.127. The van der Waals surface area contributed by atoms with Crippen LogP contribution in [0.25, 0.3) is 11.1 Å². The summed E-state index contributed by atoms with van der Waals surface area (Å²) in [6.07, 6.45) is 15.7. The SMILES string of the molecule is COc1ccc(C23CCC(CN(C(=O)C4CCC(C(C)=O)CC4)c4cc(-c5cnn(C(C)(C)C)c5)ccn4)(CC2)CC3)cc1C. The summed E-state index contributed by atoms with van der Waals surface area (Å²) in [6.45, 7) is 10.9. The van der Waals surface area contributed by atoms with Crippen molar-refractivity contribution in [3.05, 3.63) is 60.0 Å². The third-order valence-corrected chi connectivity index (χ3v) is 11.4. The molecule has 4 fully saturated rings. The van der Waals surface area contributed by atoms with Gasteiger partial charge < -0.3 is 4.74 Å². The Morgan fingerprint density at radius 2 is 1.62 bits per heavy atom. The normalized spacial score (nSPS) is 26.4. The topological polar surface area (TPSA) is 77.3 Å². The Balaban J connectivity index is 1.27. The van der Waals surface area contributed by atoms with Gasteiger partial charge in [-0.25, -0.2) is 4.98 Å². The van der Waals surface area contributed by atoms with Gasteiger partial charge >= 0.3 is 0 Å². The van der Waals surface area contributed by atoms with Gasteiger partial charge in [-0.05, 0) is 145 Å². The van der Waals surface area contributed by atoms with Gasteiger partial charge in [0, 0.05) is 36.3 Å². The molecule has 45 heavy (non-hydrogen) atoms. The van der Waals surface area contributed by atoms with Gasteiger partial charge in [0.2, 0.25) is 5.91 Å². The van der Waals surface area contributed by atoms with Crippen molar-refractivity contribution in [1.29, 1.82) is 0 Å². The number of pyridine rings is 1. The zero-order valence-corrected chi connectivity index (χ0v) is 28.1. The summed E-state index contributed by atoms with van der Waals surface area (Å²) < 4.78 is 7.53. The molecule has 7 rings (SSSR count). The van der Waals surface area contributed by atoms with Crippen LogP contribution in [-0.4, -0.2) is 40.1 Å². The molecule has 2 aromatic heterocycles. The molecule has 2 heterocycles. The van der Waals surface area contributed by atoms with Crippen LogP contribution in [0.15, 0.2) is 48.9 Å². The predicted molar refractivity (Wildman–Crippen MR) is 178 cm³/mol. The molecule has 0 aliphatic heterocycles. The number of anilines is 1. The lowest BCUT2D eigenvalue weighted by Gasteiger charge is -2.55. The van der Waals surface area contributed by atoms with Crippen molar-refractivity contribution in [1.82, 2.24) is 14.8 Å². The zero-order valence-electron chi connectivity index (χ0n) is 28.1. The number of ketones is 1. The first-order chi connectivity index (χ1) is 21.4. The van der Waals surface area contributed by atoms with Gasteiger partial charge in [0.15, 0.2) is 0 Å². The smallest absolute Gasteiger partial charge is 0.231 e. The number of aryl methyl sites for hydroxylation is 1. The Morgan fingerprint density at radius 3 is 2.20 bits per heavy atom. The van der Waals surface area contributed by atoms with Crippen molar-refractivity contribution < 1.29 is 14.3 Å². The highest BCUT2D eigenvalue weighted by Gasteiger charge is 2.51. The highest BCUT2D eigenvalue weighted by molar-refractivity contribution is 5.95. The van der Waals surface area contributed by atoms with Crippen molar-refractivity contribution >= 4 is 17.5 Å². The third kappa shape index (κ3) is 6.19. The summed E-state index contributed by atoms with van der Waals surface area (Å²) in [4.78, 5) is 33.4. The molecular formula is C38H50N4O3. The van der Waals surface area contributed by atoms with Crippen molar-refractivity contribution in [2.24, 2.45) is 17.3 Å². The Morgan fingerprint density at radius 1 is 0.956 bits per heavy atom. The van der Waals surface area contributed by atoms with E-state index in [2.05, 4.69) is 63.3 Å². The number of methoxy groups -OCH3 is 1. The number of hydrogen-bond acceptors (Lipinski definition) is 5. The number of nitrogens with zero attached hydrogens (tertiary/aromatic N) is 4. The molecule has 240 valence electrons. The number of aromatic nitrogens is 3. The van der Waals surface area contributed by atoms with Crippen LogP contribution in [-0.2, 0) is 20.5 Å². The van der Waals surface area contributed by atoms with Crippen LogP contribution in [0.3, 0.4) is 0 Å². The quantitative estimate of drug-likeness (QED) is 0.258. The van der Waals surface area contributed by atoms with Gasteiger partial charge in [-0.3, -0.25) is 19.2 Å². The molecule has 2 bridgehead atoms. The number of amides is 1. The summed E-state index contributed by atoms with van der Waals surface area (Å²) in [7, 11) is 1.74. The van der Waals surface area contributed by atoms with Gasteiger partial charge in [-0.15, -0.1) is 0 Å². The fraction of sp³-hybridized carbons (Fsp3) is 0.579. The minimum absolute atomic E-state index is 0.0698. The molecule has 7 heteroatoms. The zero-order chi connectivity index (χ0) is 32.0. The number of carbonyl (C=O) groups is 2. The van der Waals surface area contributed by atoms with E-state index in [-0.39, 0.29) is 39.9 Å². The van der Waals surface area contributed by atoms with E-state index in [1.165, 1.54) is 11.1 Å². The number of carbonyl (C=O) groups excluding carboxylic acids is 2. The standard InChI is InChI=1S/C38H50N4O3/c1-26-21-32(11-12-33(26)45-6)38-17-14-37(15-18-38,16-19-38)25-41(35(44)29-9-7-28(8-10-29)27(2)43)34-22-30(13-20-39-34)31-23-40-42(24-31)36(3,4)5/h11-13,20-24,28-29H,7-10,14-19,25H2,1-6H3. The number of fused-ring (bicyclic) bond motifs is 3. The van der Waals surface area contributed by atoms with Crippen molar-refractivity contribution in [2.75, 3.05) is 18.6 Å². The van der Waals surface area contributed by atoms with Crippen LogP contribution in [0.4, 0.5) is 5.82 Å². The summed E-state index contributed by atoms with van der Waals surface area (Å²) in [5, 5.41) is 4.62. The average Bonchev–Trinajstić information content (AvgIpc) is 3.56. The highest BCUT2D eigenvalue weighted by Crippen LogP contribution is 2.58. The second-order valence-electron chi connectivity index (χ2n) is 15.3. The van der Waals surface area contributed by atoms with Crippen LogP contribution in [0.1, 0.15) is 103 Å². The van der Waals surface area contributed by atoms with E-state index in [0.29, 0.717) is 6.54 Å². The van der Waals surface area contributed by atoms with E-state index >= 15 is 0 Å². The van der Waals surface area contributed by atoms with Gasteiger partial charge in [0.05, 0.1) is 18.8 Å². The van der Waals surface area contributed by atoms with Gasteiger partial charge in [-0.1, -0.05) is 12.1 Å². The first kappa shape index (κ1) is 31.5. The first-order valence-corrected chi connectivity index (χ1v) is 16.9. The van der Waals surface area contributed by atoms with Crippen LogP contribution in [0.2, 0.25) is 0 Å². The lowest BCUT2D eigenvalue weighted by atomic mass is 9.51. The molecule has 0 N–H and O–H groups in total. The van der Waals surface area contributed by atoms with Crippen LogP contribution >= 0.6 is 0 Å². The molecule has 0 saturated heterocycles. The van der Waals surface area contributed by atoms with Gasteiger partial charge in [0.25, 0.3) is 0 Å². The van der Waals surface area contributed by atoms with Gasteiger partial charge in [-0.2, -0.15) is 5.10 Å². The molecule has 1 aromatic carbocycles. The van der Waals surface area contributed by atoms with Gasteiger partial charge in [0.1, 0.15) is 17.4 Å². The average molecular weight is 611 g/mol. The minimum atomic E-state index is -0.115. The number of rotatable bonds is 8. The Labute approximate surface area is 268 Å². The van der Waals surface area contributed by atoms with E-state index in [0.717, 1.165) is 86.9 Å². The third-order valence-electron chi connectivity index (χ3n) is 11.4. The number of Topliss-reactive ketones (excluding diaryl/α,β-unsaturated/α-hetero) is 1. The first-order valence-electron chi connectivity index (χ1n) is 16.9. The fourth-order valence-electron chi connectivity index (χ4n) is 8.30. The molecule has 0 atom stereocenters. The fourth-order valence-corrected chi connectivity index (χ4v) is 8.30. The summed E-state index contributed by atoms with van der Waals surface area (Å²) >= 11 is 0. The number of hydrogen-bond donors (Lipinski definition) is 0. The van der Waals surface area contributed by atoms with Crippen molar-refractivity contribution in [3.8, 4) is 16.9 Å². The van der Waals surface area contributed by atoms with E-state index in [1.54, 1.807) is 14.0 Å². The second kappa shape index (κ2) is 12.0. The van der Waals surface area contributed by atoms with Crippen molar-refractivity contribution in [2.45, 2.75) is 110 Å². The van der Waals surface area contributed by atoms with E-state index < -0.39 is 0 Å². The minimum Gasteiger partial charge on any atom is -0.496 e. The van der Waals surface area contributed by atoms with E-state index in [4.69, 9.17) is 9.72 Å². The highest BCUT2D eigenvalue weighted by atomic mass is 16.5. The molecule has 7 nitrogen and oxygen atoms in total. The lowest BCUT2D eigenvalue weighted by Crippen LogP contribution is -2.52. The molecule has 4 aliphatic carbocycles. The Hall–Kier alpha value is -3.48. The Kier molecular flexibility index (Phi) is 8.42. The molecular weight excluding hydrogens is 560 g/mol. The van der Waals surface area contributed by atoms with Crippen molar-refractivity contribution in [3.63, 3.8) is 0 Å². The molecule has 0 spiro atoms. The van der Waals surface area contributed by atoms with Crippen LogP contribution < -0.4 is 9.64 Å². The second-order valence-corrected chi connectivity index (χ2v) is 15.3. The summed E-state index contributed by atoms with van der Waals surface area (Å²) in [6, 6.07) is 10.8. The molecule has 0 unspecified atom stereocenters. The predicted octanol–water partition coefficient (Wildman–Crippen LogP) is 8.04. The summed E-state index contributed by atoms with van der Waals surface area (Å²) in [5.74, 6) is 2.13. The van der Waals surface area contributed by atoms with Crippen LogP contribution in [0.5, 0.6) is 5.75 Å². The van der Waals surface area contributed by atoms with E-state index in [1.807, 2.05) is 28.0 Å². The molecule has 0 radical (unpaired) electrons. The molecule has 3 aromatic rings. The number of ether oxygens (including phenoxy) is 1. The van der Waals surface area contributed by atoms with E-state index in [9.17, 15) is 9.59 Å². The molecule has 1 amide bonds. The Bertz CT molecular complexity index is 1530. The maximum Gasteiger partial charge on any atom is 0.231 e. The summed E-state index contributed by atoms with van der Waals surface area (Å²) in [5.41, 5.74) is 4.86. The van der Waals surface area contributed by atoms with Crippen LogP contribution in [0, 0.1) is 24.2 Å².